The van der Waals surface area contributed by atoms with Crippen molar-refractivity contribution in [2.75, 3.05) is 7.11 Å². The van der Waals surface area contributed by atoms with Gasteiger partial charge in [0.1, 0.15) is 22.8 Å². The summed E-state index contributed by atoms with van der Waals surface area (Å²) in [6.45, 7) is 0.0826. The van der Waals surface area contributed by atoms with Gasteiger partial charge in [-0.1, -0.05) is 18.2 Å². The quantitative estimate of drug-likeness (QED) is 0.504. The van der Waals surface area contributed by atoms with Crippen molar-refractivity contribution in [2.45, 2.75) is 32.5 Å². The second-order valence-corrected chi connectivity index (χ2v) is 8.05. The number of H-pyrrole nitrogens is 1. The maximum atomic E-state index is 12.7. The Kier molecular flexibility index (Phi) is 4.44. The van der Waals surface area contributed by atoms with Gasteiger partial charge in [-0.15, -0.1) is 11.3 Å². The fourth-order valence-electron chi connectivity index (χ4n) is 3.87. The van der Waals surface area contributed by atoms with Crippen LogP contribution >= 0.6 is 11.3 Å². The Balaban J connectivity index is 1.42. The molecule has 0 radical (unpaired) electrons. The van der Waals surface area contributed by atoms with Crippen molar-refractivity contribution < 1.29 is 18.7 Å². The first-order valence-electron chi connectivity index (χ1n) is 9.35. The van der Waals surface area contributed by atoms with Crippen molar-refractivity contribution in [3.8, 4) is 0 Å². The van der Waals surface area contributed by atoms with E-state index in [4.69, 9.17) is 13.9 Å². The average Bonchev–Trinajstić information content (AvgIpc) is 3.39. The number of hydrogen-bond donors (Lipinski definition) is 1. The van der Waals surface area contributed by atoms with Crippen LogP contribution in [0.15, 0.2) is 33.5 Å². The van der Waals surface area contributed by atoms with Gasteiger partial charge in [-0.2, -0.15) is 0 Å². The van der Waals surface area contributed by atoms with E-state index in [1.54, 1.807) is 24.5 Å². The molecule has 0 fully saturated rings. The highest BCUT2D eigenvalue weighted by Gasteiger charge is 2.23. The van der Waals surface area contributed by atoms with Gasteiger partial charge in [0.2, 0.25) is 5.76 Å². The maximum absolute atomic E-state index is 12.7. The third-order valence-corrected chi connectivity index (χ3v) is 6.32. The topological polar surface area (TPSA) is 94.4 Å². The first-order valence-corrected chi connectivity index (χ1v) is 10.2. The molecule has 0 atom stereocenters. The van der Waals surface area contributed by atoms with E-state index < -0.39 is 5.97 Å². The van der Waals surface area contributed by atoms with Crippen LogP contribution in [-0.4, -0.2) is 23.0 Å². The van der Waals surface area contributed by atoms with E-state index in [2.05, 4.69) is 9.97 Å². The number of carbonyl (C=O) groups is 1. The third kappa shape index (κ3) is 3.04. The molecule has 29 heavy (non-hydrogen) atoms. The molecule has 0 saturated heterocycles. The molecule has 0 spiro atoms. The molecule has 3 aromatic heterocycles. The minimum absolute atomic E-state index is 0.103. The predicted molar refractivity (Wildman–Crippen MR) is 108 cm³/mol. The second-order valence-electron chi connectivity index (χ2n) is 6.97. The van der Waals surface area contributed by atoms with Gasteiger partial charge in [0, 0.05) is 22.9 Å². The number of carbonyl (C=O) groups excluding carboxylic acids is 1. The molecule has 1 aliphatic carbocycles. The molecule has 0 aliphatic heterocycles. The minimum atomic E-state index is -0.621. The van der Waals surface area contributed by atoms with Crippen LogP contribution in [0, 0.1) is 0 Å². The van der Waals surface area contributed by atoms with Gasteiger partial charge < -0.3 is 18.9 Å². The number of hydrogen-bond acceptors (Lipinski definition) is 7. The number of fused-ring (bicyclic) bond motifs is 4. The van der Waals surface area contributed by atoms with Gasteiger partial charge >= 0.3 is 5.97 Å². The summed E-state index contributed by atoms with van der Waals surface area (Å²) in [4.78, 5) is 34.4. The Labute approximate surface area is 169 Å². The van der Waals surface area contributed by atoms with Crippen LogP contribution in [0.5, 0.6) is 0 Å². The monoisotopic (exact) mass is 410 g/mol. The number of methoxy groups -OCH3 is 1. The van der Waals surface area contributed by atoms with E-state index in [-0.39, 0.29) is 24.5 Å². The molecule has 0 bridgehead atoms. The van der Waals surface area contributed by atoms with Crippen LogP contribution in [0.1, 0.15) is 38.8 Å². The van der Waals surface area contributed by atoms with Crippen LogP contribution in [0.4, 0.5) is 0 Å². The number of ether oxygens (including phenoxy) is 2. The summed E-state index contributed by atoms with van der Waals surface area (Å²) in [7, 11) is 1.55. The van der Waals surface area contributed by atoms with E-state index >= 15 is 0 Å². The second kappa shape index (κ2) is 7.13. The Morgan fingerprint density at radius 2 is 2.14 bits per heavy atom. The molecule has 0 amide bonds. The number of rotatable bonds is 5. The fraction of sp³-hybridized carbons (Fsp3) is 0.286. The molecule has 0 saturated carbocycles. The molecule has 148 valence electrons. The SMILES string of the molecule is COCc1c(C(=O)OCc2nc3sc4c(c3c(=O)[nH]2)CCC4)oc2ccccc12. The van der Waals surface area contributed by atoms with Gasteiger partial charge in [0.05, 0.1) is 12.0 Å². The number of benzene rings is 1. The Bertz CT molecular complexity index is 1300. The number of aromatic nitrogens is 2. The molecule has 7 nitrogen and oxygen atoms in total. The van der Waals surface area contributed by atoms with Crippen LogP contribution in [0.2, 0.25) is 0 Å². The zero-order valence-corrected chi connectivity index (χ0v) is 16.6. The third-order valence-electron chi connectivity index (χ3n) is 5.14. The first-order chi connectivity index (χ1) is 14.2. The Hall–Kier alpha value is -2.97. The highest BCUT2D eigenvalue weighted by molar-refractivity contribution is 7.18. The van der Waals surface area contributed by atoms with Crippen molar-refractivity contribution in [2.24, 2.45) is 0 Å². The highest BCUT2D eigenvalue weighted by atomic mass is 32.1. The van der Waals surface area contributed by atoms with Gasteiger partial charge in [-0.05, 0) is 30.9 Å². The number of aryl methyl sites for hydroxylation is 2. The van der Waals surface area contributed by atoms with Crippen molar-refractivity contribution in [3.05, 3.63) is 62.2 Å². The highest BCUT2D eigenvalue weighted by Crippen LogP contribution is 2.34. The standard InChI is InChI=1S/C21H18N2O5S/c1-26-9-13-11-5-2-3-7-14(11)28-18(13)21(25)27-10-16-22-19(24)17-12-6-4-8-15(12)29-20(17)23-16/h2-3,5,7H,4,6,8-10H2,1H3,(H,22,23,24). The molecule has 4 aromatic rings. The summed E-state index contributed by atoms with van der Waals surface area (Å²) in [5.74, 6) is -0.198. The number of esters is 1. The van der Waals surface area contributed by atoms with E-state index in [0.717, 1.165) is 30.2 Å². The van der Waals surface area contributed by atoms with Crippen molar-refractivity contribution in [1.82, 2.24) is 9.97 Å². The molecule has 3 heterocycles. The predicted octanol–water partition coefficient (Wildman–Crippen LogP) is 3.72. The summed E-state index contributed by atoms with van der Waals surface area (Å²) in [5.41, 5.74) is 2.17. The smallest absolute Gasteiger partial charge is 0.375 e. The van der Waals surface area contributed by atoms with Crippen molar-refractivity contribution in [3.63, 3.8) is 0 Å². The first kappa shape index (κ1) is 18.1. The van der Waals surface area contributed by atoms with Crippen LogP contribution < -0.4 is 5.56 Å². The minimum Gasteiger partial charge on any atom is -0.452 e. The lowest BCUT2D eigenvalue weighted by Crippen LogP contribution is -2.15. The molecule has 8 heteroatoms. The van der Waals surface area contributed by atoms with Crippen molar-refractivity contribution >= 4 is 38.5 Å². The van der Waals surface area contributed by atoms with Gasteiger partial charge in [0.15, 0.2) is 0 Å². The lowest BCUT2D eigenvalue weighted by molar-refractivity contribution is 0.0422. The van der Waals surface area contributed by atoms with Crippen molar-refractivity contribution in [1.29, 1.82) is 0 Å². The largest absolute Gasteiger partial charge is 0.452 e. The molecular weight excluding hydrogens is 392 g/mol. The van der Waals surface area contributed by atoms with E-state index in [1.807, 2.05) is 18.2 Å². The zero-order valence-electron chi connectivity index (χ0n) is 15.7. The zero-order chi connectivity index (χ0) is 20.0. The fourth-order valence-corrected chi connectivity index (χ4v) is 5.15. The summed E-state index contributed by atoms with van der Waals surface area (Å²) in [5, 5.41) is 1.49. The lowest BCUT2D eigenvalue weighted by Gasteiger charge is -2.05. The summed E-state index contributed by atoms with van der Waals surface area (Å²) < 4.78 is 16.3. The summed E-state index contributed by atoms with van der Waals surface area (Å²) >= 11 is 1.55. The number of nitrogens with one attached hydrogen (secondary N) is 1. The maximum Gasteiger partial charge on any atom is 0.375 e. The number of nitrogens with zero attached hydrogens (tertiary/aromatic N) is 1. The average molecular weight is 410 g/mol. The van der Waals surface area contributed by atoms with E-state index in [9.17, 15) is 9.59 Å². The Morgan fingerprint density at radius 3 is 3.00 bits per heavy atom. The van der Waals surface area contributed by atoms with Gasteiger partial charge in [0.25, 0.3) is 5.56 Å². The molecule has 1 aliphatic rings. The normalized spacial score (nSPS) is 13.3. The summed E-state index contributed by atoms with van der Waals surface area (Å²) in [6, 6.07) is 7.36. The number of thiophene rings is 1. The van der Waals surface area contributed by atoms with Crippen LogP contribution in [0.3, 0.4) is 0 Å². The molecule has 0 unspecified atom stereocenters. The Morgan fingerprint density at radius 1 is 1.28 bits per heavy atom. The van der Waals surface area contributed by atoms with Gasteiger partial charge in [-0.25, -0.2) is 9.78 Å². The number of aromatic amines is 1. The van der Waals surface area contributed by atoms with Crippen LogP contribution in [-0.2, 0) is 35.5 Å². The molecule has 1 aromatic carbocycles. The molecular formula is C21H18N2O5S. The lowest BCUT2D eigenvalue weighted by atomic mass is 10.1. The molecule has 5 rings (SSSR count). The number of para-hydroxylation sites is 1. The van der Waals surface area contributed by atoms with E-state index in [1.165, 1.54) is 4.88 Å². The van der Waals surface area contributed by atoms with Crippen LogP contribution in [0.25, 0.3) is 21.2 Å². The van der Waals surface area contributed by atoms with E-state index in [0.29, 0.717) is 27.2 Å². The summed E-state index contributed by atoms with van der Waals surface area (Å²) in [6.07, 6.45) is 2.99. The van der Waals surface area contributed by atoms with Gasteiger partial charge in [-0.3, -0.25) is 4.79 Å². The molecule has 1 N–H and O–H groups in total. The number of furan rings is 1.